The summed E-state index contributed by atoms with van der Waals surface area (Å²) >= 11 is 0. The lowest BCUT2D eigenvalue weighted by molar-refractivity contribution is -0.125. The number of nitrogens with one attached hydrogen (secondary N) is 1. The zero-order valence-corrected chi connectivity index (χ0v) is 20.3. The first-order valence-electron chi connectivity index (χ1n) is 11.3. The zero-order chi connectivity index (χ0) is 24.6. The number of carbonyl (C=O) groups excluding carboxylic acids is 2. The van der Waals surface area contributed by atoms with Crippen LogP contribution in [0.1, 0.15) is 36.2 Å². The number of benzene rings is 1. The number of hydrogen-bond acceptors (Lipinski definition) is 7. The van der Waals surface area contributed by atoms with Crippen molar-refractivity contribution >= 4 is 33.8 Å². The molecule has 34 heavy (non-hydrogen) atoms. The first-order chi connectivity index (χ1) is 16.3. The molecule has 9 nitrogen and oxygen atoms in total. The van der Waals surface area contributed by atoms with Crippen LogP contribution in [0.5, 0.6) is 0 Å². The second-order valence-electron chi connectivity index (χ2n) is 7.70. The van der Waals surface area contributed by atoms with Crippen molar-refractivity contribution in [1.29, 1.82) is 0 Å². The highest BCUT2D eigenvalue weighted by molar-refractivity contribution is 7.89. The number of sulfonamides is 1. The predicted octanol–water partition coefficient (Wildman–Crippen LogP) is 2.31. The van der Waals surface area contributed by atoms with Crippen LogP contribution in [0.4, 0.5) is 5.82 Å². The number of pyridine rings is 1. The van der Waals surface area contributed by atoms with E-state index in [1.165, 1.54) is 24.4 Å². The minimum absolute atomic E-state index is 0.100. The van der Waals surface area contributed by atoms with Crippen LogP contribution in [0.2, 0.25) is 0 Å². The number of carbonyl (C=O) groups is 2. The van der Waals surface area contributed by atoms with Gasteiger partial charge in [0.25, 0.3) is 0 Å². The third-order valence-corrected chi connectivity index (χ3v) is 6.90. The Morgan fingerprint density at radius 2 is 1.82 bits per heavy atom. The van der Waals surface area contributed by atoms with Gasteiger partial charge in [-0.3, -0.25) is 4.79 Å². The van der Waals surface area contributed by atoms with Gasteiger partial charge in [0.1, 0.15) is 5.82 Å². The molecule has 1 aromatic heterocycles. The maximum Gasteiger partial charge on any atom is 0.339 e. The Balaban J connectivity index is 1.57. The Kier molecular flexibility index (Phi) is 8.78. The van der Waals surface area contributed by atoms with E-state index in [2.05, 4.69) is 14.6 Å². The lowest BCUT2D eigenvalue weighted by atomic mass is 10.2. The van der Waals surface area contributed by atoms with Crippen LogP contribution in [0.25, 0.3) is 6.08 Å². The third-order valence-electron chi connectivity index (χ3n) is 5.33. The lowest BCUT2D eigenvalue weighted by Crippen LogP contribution is -2.34. The van der Waals surface area contributed by atoms with Crippen molar-refractivity contribution in [2.45, 2.75) is 25.2 Å². The number of amides is 1. The molecule has 0 aliphatic carbocycles. The van der Waals surface area contributed by atoms with E-state index in [9.17, 15) is 18.0 Å². The molecule has 0 bridgehead atoms. The Labute approximate surface area is 200 Å². The molecule has 1 aliphatic heterocycles. The summed E-state index contributed by atoms with van der Waals surface area (Å²) in [5.74, 6) is 0.261. The molecule has 1 fully saturated rings. The molecule has 2 aromatic rings. The van der Waals surface area contributed by atoms with E-state index >= 15 is 0 Å². The Bertz CT molecular complexity index is 1120. The van der Waals surface area contributed by atoms with Gasteiger partial charge in [-0.25, -0.2) is 22.9 Å². The van der Waals surface area contributed by atoms with Crippen molar-refractivity contribution in [2.24, 2.45) is 0 Å². The number of hydrogen-bond donors (Lipinski definition) is 1. The molecule has 0 saturated carbocycles. The van der Waals surface area contributed by atoms with Crippen LogP contribution in [0.3, 0.4) is 0 Å². The summed E-state index contributed by atoms with van der Waals surface area (Å²) < 4.78 is 31.5. The molecule has 1 saturated heterocycles. The fraction of sp³-hybridized carbons (Fsp3) is 0.375. The maximum absolute atomic E-state index is 12.7. The second kappa shape index (κ2) is 11.8. The van der Waals surface area contributed by atoms with E-state index in [1.54, 1.807) is 49.1 Å². The Morgan fingerprint density at radius 1 is 1.06 bits per heavy atom. The molecule has 0 unspecified atom stereocenters. The lowest BCUT2D eigenvalue weighted by Gasteiger charge is -2.22. The SMILES string of the molecule is CCNS(=O)(=O)c1ccc(/C=C/C(=O)N2CCCN(c3ccc(C(=O)OCC)cn3)CC2)cc1. The second-order valence-corrected chi connectivity index (χ2v) is 9.46. The summed E-state index contributed by atoms with van der Waals surface area (Å²) in [6.45, 7) is 6.66. The van der Waals surface area contributed by atoms with Crippen molar-refractivity contribution in [3.05, 3.63) is 59.8 Å². The molecule has 2 heterocycles. The molecule has 1 N–H and O–H groups in total. The van der Waals surface area contributed by atoms with Gasteiger partial charge in [-0.15, -0.1) is 0 Å². The molecule has 0 radical (unpaired) electrons. The molecule has 182 valence electrons. The average molecular weight is 487 g/mol. The predicted molar refractivity (Wildman–Crippen MR) is 130 cm³/mol. The highest BCUT2D eigenvalue weighted by Crippen LogP contribution is 2.16. The van der Waals surface area contributed by atoms with Crippen molar-refractivity contribution in [1.82, 2.24) is 14.6 Å². The van der Waals surface area contributed by atoms with Gasteiger partial charge in [0.05, 0.1) is 17.1 Å². The third kappa shape index (κ3) is 6.64. The van der Waals surface area contributed by atoms with E-state index in [0.29, 0.717) is 38.3 Å². The van der Waals surface area contributed by atoms with Crippen molar-refractivity contribution in [2.75, 3.05) is 44.2 Å². The number of aromatic nitrogens is 1. The van der Waals surface area contributed by atoms with E-state index in [0.717, 1.165) is 24.3 Å². The fourth-order valence-electron chi connectivity index (χ4n) is 3.58. The molecule has 3 rings (SSSR count). The average Bonchev–Trinajstić information content (AvgIpc) is 3.09. The van der Waals surface area contributed by atoms with Gasteiger partial charge in [0, 0.05) is 45.0 Å². The van der Waals surface area contributed by atoms with Crippen LogP contribution in [0, 0.1) is 0 Å². The molecule has 1 amide bonds. The van der Waals surface area contributed by atoms with Gasteiger partial charge >= 0.3 is 5.97 Å². The molecule has 1 aliphatic rings. The molecule has 0 atom stereocenters. The van der Waals surface area contributed by atoms with Gasteiger partial charge in [0.2, 0.25) is 15.9 Å². The minimum atomic E-state index is -3.50. The van der Waals surface area contributed by atoms with Crippen LogP contribution in [0.15, 0.2) is 53.6 Å². The maximum atomic E-state index is 12.7. The van der Waals surface area contributed by atoms with Gasteiger partial charge in [0.15, 0.2) is 0 Å². The topological polar surface area (TPSA) is 109 Å². The summed E-state index contributed by atoms with van der Waals surface area (Å²) in [4.78, 5) is 33.0. The first kappa shape index (κ1) is 25.4. The van der Waals surface area contributed by atoms with Gasteiger partial charge in [-0.1, -0.05) is 19.1 Å². The number of esters is 1. The largest absolute Gasteiger partial charge is 0.462 e. The van der Waals surface area contributed by atoms with Crippen molar-refractivity contribution in [3.8, 4) is 0 Å². The summed E-state index contributed by atoms with van der Waals surface area (Å²) in [6.07, 6.45) is 5.50. The van der Waals surface area contributed by atoms with Crippen molar-refractivity contribution in [3.63, 3.8) is 0 Å². The van der Waals surface area contributed by atoms with Gasteiger partial charge in [-0.05, 0) is 49.2 Å². The van der Waals surface area contributed by atoms with Crippen LogP contribution in [-0.2, 0) is 19.6 Å². The molecule has 1 aromatic carbocycles. The molecule has 0 spiro atoms. The Morgan fingerprint density at radius 3 is 2.47 bits per heavy atom. The van der Waals surface area contributed by atoms with Gasteiger partial charge in [-0.2, -0.15) is 0 Å². The normalized spacial score (nSPS) is 14.8. The number of rotatable bonds is 8. The number of nitrogens with zero attached hydrogens (tertiary/aromatic N) is 3. The quantitative estimate of drug-likeness (QED) is 0.450. The summed E-state index contributed by atoms with van der Waals surface area (Å²) in [5, 5.41) is 0. The first-order valence-corrected chi connectivity index (χ1v) is 12.8. The summed E-state index contributed by atoms with van der Waals surface area (Å²) in [6, 6.07) is 9.88. The molecular weight excluding hydrogens is 456 g/mol. The molecular formula is C24H30N4O5S. The highest BCUT2D eigenvalue weighted by Gasteiger charge is 2.19. The van der Waals surface area contributed by atoms with Gasteiger partial charge < -0.3 is 14.5 Å². The van der Waals surface area contributed by atoms with E-state index < -0.39 is 16.0 Å². The minimum Gasteiger partial charge on any atom is -0.462 e. The monoisotopic (exact) mass is 486 g/mol. The van der Waals surface area contributed by atoms with E-state index in [1.807, 2.05) is 0 Å². The van der Waals surface area contributed by atoms with E-state index in [-0.39, 0.29) is 10.8 Å². The van der Waals surface area contributed by atoms with Crippen LogP contribution < -0.4 is 9.62 Å². The van der Waals surface area contributed by atoms with Crippen LogP contribution >= 0.6 is 0 Å². The number of ether oxygens (including phenoxy) is 1. The molecule has 10 heteroatoms. The van der Waals surface area contributed by atoms with Crippen molar-refractivity contribution < 1.29 is 22.7 Å². The summed E-state index contributed by atoms with van der Waals surface area (Å²) in [5.41, 5.74) is 1.15. The Hall–Kier alpha value is -3.24. The van der Waals surface area contributed by atoms with Crippen LogP contribution in [-0.4, -0.2) is 69.5 Å². The smallest absolute Gasteiger partial charge is 0.339 e. The summed E-state index contributed by atoms with van der Waals surface area (Å²) in [7, 11) is -3.50. The highest BCUT2D eigenvalue weighted by atomic mass is 32.2. The number of anilines is 1. The zero-order valence-electron chi connectivity index (χ0n) is 19.4. The fourth-order valence-corrected chi connectivity index (χ4v) is 4.62. The van der Waals surface area contributed by atoms with E-state index in [4.69, 9.17) is 4.74 Å². The standard InChI is InChI=1S/C24H30N4O5S/c1-3-26-34(31,32)21-10-6-19(7-11-21)8-13-23(29)28-15-5-14-27(16-17-28)22-12-9-20(18-25-22)24(30)33-4-2/h6-13,18,26H,3-5,14-17H2,1-2H3/b13-8+.